The Morgan fingerprint density at radius 3 is 2.38 bits per heavy atom. The third-order valence-electron chi connectivity index (χ3n) is 5.63. The van der Waals surface area contributed by atoms with E-state index in [-0.39, 0.29) is 29.7 Å². The Morgan fingerprint density at radius 1 is 1.00 bits per heavy atom. The van der Waals surface area contributed by atoms with Gasteiger partial charge in [-0.3, -0.25) is 19.3 Å². The zero-order valence-electron chi connectivity index (χ0n) is 15.6. The average molecular weight is 405 g/mol. The molecule has 5 rings (SSSR count). The van der Waals surface area contributed by atoms with E-state index >= 15 is 0 Å². The first-order valence-electron chi connectivity index (χ1n) is 9.70. The molecule has 1 saturated carbocycles. The molecule has 0 unspecified atom stereocenters. The van der Waals surface area contributed by atoms with Crippen LogP contribution in [0.25, 0.3) is 20.8 Å². The Labute approximate surface area is 171 Å². The second-order valence-corrected chi connectivity index (χ2v) is 8.56. The Bertz CT molecular complexity index is 1070. The van der Waals surface area contributed by atoms with Crippen molar-refractivity contribution < 1.29 is 14.4 Å². The van der Waals surface area contributed by atoms with Crippen molar-refractivity contribution in [1.82, 2.24) is 9.88 Å². The average Bonchev–Trinajstić information content (AvgIpc) is 3.26. The molecule has 0 spiro atoms. The molecule has 1 saturated heterocycles. The van der Waals surface area contributed by atoms with Gasteiger partial charge in [-0.25, -0.2) is 4.98 Å². The van der Waals surface area contributed by atoms with Crippen LogP contribution in [0.2, 0.25) is 0 Å². The normalized spacial score (nSPS) is 21.4. The number of rotatable bonds is 4. The molecule has 6 nitrogen and oxygen atoms in total. The fourth-order valence-corrected chi connectivity index (χ4v) is 4.92. The fourth-order valence-electron chi connectivity index (χ4n) is 3.95. The quantitative estimate of drug-likeness (QED) is 0.669. The van der Waals surface area contributed by atoms with Gasteiger partial charge in [0.05, 0.1) is 10.2 Å². The van der Waals surface area contributed by atoms with Crippen LogP contribution in [0.15, 0.2) is 48.5 Å². The maximum atomic E-state index is 12.5. The van der Waals surface area contributed by atoms with Gasteiger partial charge in [-0.05, 0) is 49.2 Å². The molecule has 0 bridgehead atoms. The zero-order chi connectivity index (χ0) is 20.0. The van der Waals surface area contributed by atoms with Crippen molar-refractivity contribution in [2.45, 2.75) is 31.7 Å². The van der Waals surface area contributed by atoms with Gasteiger partial charge in [0.1, 0.15) is 5.01 Å². The van der Waals surface area contributed by atoms with E-state index in [1.165, 1.54) is 4.90 Å². The number of carbonyl (C=O) groups excluding carboxylic acids is 3. The first-order chi connectivity index (χ1) is 14.1. The van der Waals surface area contributed by atoms with E-state index in [2.05, 4.69) is 16.4 Å². The summed E-state index contributed by atoms with van der Waals surface area (Å²) in [6.07, 6.45) is 1.70. The molecular formula is C22H19N3O3S. The summed E-state index contributed by atoms with van der Waals surface area (Å²) in [6, 6.07) is 15.6. The summed E-state index contributed by atoms with van der Waals surface area (Å²) in [6.45, 7) is 0. The van der Waals surface area contributed by atoms with Gasteiger partial charge in [-0.2, -0.15) is 0 Å². The van der Waals surface area contributed by atoms with Gasteiger partial charge >= 0.3 is 0 Å². The van der Waals surface area contributed by atoms with Crippen LogP contribution >= 0.6 is 11.3 Å². The van der Waals surface area contributed by atoms with Crippen molar-refractivity contribution in [2.24, 2.45) is 5.92 Å². The van der Waals surface area contributed by atoms with E-state index in [1.807, 2.05) is 42.5 Å². The van der Waals surface area contributed by atoms with Gasteiger partial charge in [0, 0.05) is 36.1 Å². The lowest BCUT2D eigenvalue weighted by Crippen LogP contribution is -2.50. The molecule has 7 heteroatoms. The first-order valence-corrected chi connectivity index (χ1v) is 10.5. The number of aromatic nitrogens is 1. The molecule has 0 atom stereocenters. The number of thiazole rings is 1. The second-order valence-electron chi connectivity index (χ2n) is 7.53. The lowest BCUT2D eigenvalue weighted by Gasteiger charge is -2.39. The molecule has 2 aliphatic rings. The fraction of sp³-hybridized carbons (Fsp3) is 0.273. The monoisotopic (exact) mass is 405 g/mol. The summed E-state index contributed by atoms with van der Waals surface area (Å²) in [5, 5.41) is 3.89. The molecular weight excluding hydrogens is 386 g/mol. The Kier molecular flexibility index (Phi) is 4.39. The number of para-hydroxylation sites is 1. The van der Waals surface area contributed by atoms with Crippen molar-refractivity contribution in [3.05, 3.63) is 48.5 Å². The lowest BCUT2D eigenvalue weighted by atomic mass is 9.78. The molecule has 29 heavy (non-hydrogen) atoms. The molecule has 1 N–H and O–H groups in total. The van der Waals surface area contributed by atoms with Crippen LogP contribution in [0.4, 0.5) is 5.69 Å². The molecule has 2 heterocycles. The number of anilines is 1. The molecule has 1 aromatic heterocycles. The molecule has 1 aliphatic heterocycles. The third-order valence-corrected chi connectivity index (χ3v) is 6.72. The number of hydrogen-bond acceptors (Lipinski definition) is 5. The maximum absolute atomic E-state index is 12.5. The smallest absolute Gasteiger partial charge is 0.229 e. The number of likely N-dealkylation sites (tertiary alicyclic amines) is 1. The number of benzene rings is 2. The Hall–Kier alpha value is -3.06. The van der Waals surface area contributed by atoms with Crippen molar-refractivity contribution >= 4 is 45.0 Å². The van der Waals surface area contributed by atoms with Crippen molar-refractivity contribution in [3.63, 3.8) is 0 Å². The Balaban J connectivity index is 1.21. The van der Waals surface area contributed by atoms with Gasteiger partial charge in [0.25, 0.3) is 0 Å². The van der Waals surface area contributed by atoms with Gasteiger partial charge in [-0.15, -0.1) is 11.3 Å². The van der Waals surface area contributed by atoms with Crippen molar-refractivity contribution in [2.75, 3.05) is 5.32 Å². The molecule has 146 valence electrons. The molecule has 2 fully saturated rings. The number of fused-ring (bicyclic) bond motifs is 1. The second kappa shape index (κ2) is 7.08. The van der Waals surface area contributed by atoms with E-state index in [0.29, 0.717) is 25.7 Å². The first kappa shape index (κ1) is 18.0. The third kappa shape index (κ3) is 3.31. The predicted octanol–water partition coefficient (Wildman–Crippen LogP) is 3.83. The SMILES string of the molecule is O=C(Nc1ccc(-c2nc3ccccc3s2)cc1)C1CC(N2C(=O)CCC2=O)C1. The summed E-state index contributed by atoms with van der Waals surface area (Å²) < 4.78 is 1.15. The van der Waals surface area contributed by atoms with Gasteiger partial charge < -0.3 is 5.32 Å². The summed E-state index contributed by atoms with van der Waals surface area (Å²) in [5.74, 6) is -0.438. The van der Waals surface area contributed by atoms with Crippen LogP contribution in [0.5, 0.6) is 0 Å². The van der Waals surface area contributed by atoms with E-state index in [0.717, 1.165) is 26.5 Å². The number of hydrogen-bond donors (Lipinski definition) is 1. The minimum atomic E-state index is -0.162. The molecule has 2 aromatic carbocycles. The summed E-state index contributed by atoms with van der Waals surface area (Å²) in [4.78, 5) is 42.1. The Morgan fingerprint density at radius 2 is 1.69 bits per heavy atom. The van der Waals surface area contributed by atoms with E-state index in [1.54, 1.807) is 11.3 Å². The van der Waals surface area contributed by atoms with Crippen LogP contribution in [0, 0.1) is 5.92 Å². The summed E-state index contributed by atoms with van der Waals surface area (Å²) in [7, 11) is 0. The minimum Gasteiger partial charge on any atom is -0.326 e. The summed E-state index contributed by atoms with van der Waals surface area (Å²) in [5.41, 5.74) is 2.73. The largest absolute Gasteiger partial charge is 0.326 e. The lowest BCUT2D eigenvalue weighted by molar-refractivity contribution is -0.146. The van der Waals surface area contributed by atoms with Crippen LogP contribution in [-0.2, 0) is 14.4 Å². The van der Waals surface area contributed by atoms with Gasteiger partial charge in [-0.1, -0.05) is 12.1 Å². The topological polar surface area (TPSA) is 79.4 Å². The van der Waals surface area contributed by atoms with Gasteiger partial charge in [0.15, 0.2) is 0 Å². The maximum Gasteiger partial charge on any atom is 0.229 e. The number of imide groups is 1. The highest BCUT2D eigenvalue weighted by atomic mass is 32.1. The van der Waals surface area contributed by atoms with E-state index in [9.17, 15) is 14.4 Å². The zero-order valence-corrected chi connectivity index (χ0v) is 16.4. The molecule has 3 aromatic rings. The molecule has 0 radical (unpaired) electrons. The number of nitrogens with zero attached hydrogens (tertiary/aromatic N) is 2. The highest BCUT2D eigenvalue weighted by Gasteiger charge is 2.44. The van der Waals surface area contributed by atoms with E-state index < -0.39 is 0 Å². The van der Waals surface area contributed by atoms with Crippen LogP contribution in [0.3, 0.4) is 0 Å². The van der Waals surface area contributed by atoms with Crippen molar-refractivity contribution in [1.29, 1.82) is 0 Å². The standard InChI is InChI=1S/C22H19N3O3S/c26-19-9-10-20(27)25(19)16-11-14(12-16)21(28)23-15-7-5-13(6-8-15)22-24-17-3-1-2-4-18(17)29-22/h1-8,14,16H,9-12H2,(H,23,28). The van der Waals surface area contributed by atoms with Crippen LogP contribution in [-0.4, -0.2) is 33.6 Å². The van der Waals surface area contributed by atoms with E-state index in [4.69, 9.17) is 0 Å². The molecule has 3 amide bonds. The number of amides is 3. The van der Waals surface area contributed by atoms with Crippen LogP contribution in [0.1, 0.15) is 25.7 Å². The minimum absolute atomic E-state index is 0.0620. The number of carbonyl (C=O) groups is 3. The predicted molar refractivity (Wildman–Crippen MR) is 111 cm³/mol. The van der Waals surface area contributed by atoms with Crippen molar-refractivity contribution in [3.8, 4) is 10.6 Å². The highest BCUT2D eigenvalue weighted by molar-refractivity contribution is 7.21. The van der Waals surface area contributed by atoms with Gasteiger partial charge in [0.2, 0.25) is 17.7 Å². The summed E-state index contributed by atoms with van der Waals surface area (Å²) >= 11 is 1.64. The number of nitrogens with one attached hydrogen (secondary N) is 1. The highest BCUT2D eigenvalue weighted by Crippen LogP contribution is 2.36. The molecule has 1 aliphatic carbocycles. The van der Waals surface area contributed by atoms with Crippen LogP contribution < -0.4 is 5.32 Å².